The molecule has 1 aliphatic heterocycles. The van der Waals surface area contributed by atoms with E-state index in [-0.39, 0.29) is 4.90 Å². The molecule has 4 nitrogen and oxygen atoms in total. The molecule has 0 unspecified atom stereocenters. The van der Waals surface area contributed by atoms with Crippen LogP contribution >= 0.6 is 0 Å². The Bertz CT molecular complexity index is 516. The van der Waals surface area contributed by atoms with E-state index >= 15 is 0 Å². The third kappa shape index (κ3) is 2.35. The third-order valence-corrected chi connectivity index (χ3v) is 4.83. The number of aliphatic hydroxyl groups excluding tert-OH is 1. The quantitative estimate of drug-likeness (QED) is 0.838. The molecule has 17 heavy (non-hydrogen) atoms. The van der Waals surface area contributed by atoms with Gasteiger partial charge >= 0.3 is 0 Å². The van der Waals surface area contributed by atoms with Gasteiger partial charge in [-0.15, -0.1) is 0 Å². The van der Waals surface area contributed by atoms with Gasteiger partial charge in [-0.25, -0.2) is 8.42 Å². The van der Waals surface area contributed by atoms with Crippen LogP contribution in [0.25, 0.3) is 6.08 Å². The molecule has 0 radical (unpaired) electrons. The lowest BCUT2D eigenvalue weighted by atomic mass is 10.2. The highest BCUT2D eigenvalue weighted by Crippen LogP contribution is 2.24. The third-order valence-electron chi connectivity index (χ3n) is 2.86. The second-order valence-electron chi connectivity index (χ2n) is 3.96. The van der Waals surface area contributed by atoms with Crippen molar-refractivity contribution in [2.45, 2.75) is 17.7 Å². The summed E-state index contributed by atoms with van der Waals surface area (Å²) in [7, 11) is -3.42. The molecule has 1 saturated heterocycles. The van der Waals surface area contributed by atoms with Crippen molar-refractivity contribution in [2.75, 3.05) is 13.1 Å². The Labute approximate surface area is 101 Å². The maximum absolute atomic E-state index is 12.3. The van der Waals surface area contributed by atoms with Gasteiger partial charge in [0, 0.05) is 13.1 Å². The molecule has 1 fully saturated rings. The minimum Gasteiger partial charge on any atom is -0.516 e. The Balaban J connectivity index is 2.45. The maximum Gasteiger partial charge on any atom is 0.243 e. The number of aliphatic hydroxyl groups is 1. The average molecular weight is 253 g/mol. The Morgan fingerprint density at radius 3 is 2.47 bits per heavy atom. The van der Waals surface area contributed by atoms with Crippen LogP contribution in [0.1, 0.15) is 18.4 Å². The van der Waals surface area contributed by atoms with Crippen molar-refractivity contribution >= 4 is 16.1 Å². The Morgan fingerprint density at radius 1 is 1.18 bits per heavy atom. The number of nitrogens with zero attached hydrogens (tertiary/aromatic N) is 1. The fourth-order valence-corrected chi connectivity index (χ4v) is 3.70. The summed E-state index contributed by atoms with van der Waals surface area (Å²) in [4.78, 5) is 0.257. The molecule has 0 atom stereocenters. The van der Waals surface area contributed by atoms with Gasteiger partial charge in [0.1, 0.15) is 0 Å². The summed E-state index contributed by atoms with van der Waals surface area (Å²) in [5.41, 5.74) is 0.516. The zero-order valence-corrected chi connectivity index (χ0v) is 10.2. The Morgan fingerprint density at radius 2 is 1.82 bits per heavy atom. The van der Waals surface area contributed by atoms with E-state index in [1.165, 1.54) is 10.4 Å². The van der Waals surface area contributed by atoms with Crippen LogP contribution in [-0.4, -0.2) is 30.9 Å². The van der Waals surface area contributed by atoms with Crippen molar-refractivity contribution in [3.8, 4) is 0 Å². The Hall–Kier alpha value is -1.33. The molecule has 1 aromatic carbocycles. The van der Waals surface area contributed by atoms with E-state index < -0.39 is 10.0 Å². The van der Waals surface area contributed by atoms with E-state index in [0.717, 1.165) is 19.1 Å². The van der Waals surface area contributed by atoms with Crippen molar-refractivity contribution in [1.82, 2.24) is 4.31 Å². The van der Waals surface area contributed by atoms with E-state index in [4.69, 9.17) is 5.11 Å². The lowest BCUT2D eigenvalue weighted by Crippen LogP contribution is -2.28. The first-order valence-electron chi connectivity index (χ1n) is 5.56. The molecule has 92 valence electrons. The van der Waals surface area contributed by atoms with E-state index in [1.807, 2.05) is 0 Å². The van der Waals surface area contributed by atoms with Crippen LogP contribution in [0.3, 0.4) is 0 Å². The molecule has 1 N–H and O–H groups in total. The van der Waals surface area contributed by atoms with Crippen LogP contribution in [0.4, 0.5) is 0 Å². The van der Waals surface area contributed by atoms with Crippen LogP contribution in [0, 0.1) is 0 Å². The van der Waals surface area contributed by atoms with Gasteiger partial charge in [0.05, 0.1) is 11.2 Å². The van der Waals surface area contributed by atoms with Gasteiger partial charge in [0.2, 0.25) is 10.0 Å². The summed E-state index contributed by atoms with van der Waals surface area (Å²) in [6, 6.07) is 6.69. The van der Waals surface area contributed by atoms with Crippen molar-refractivity contribution in [2.24, 2.45) is 0 Å². The van der Waals surface area contributed by atoms with Gasteiger partial charge in [0.15, 0.2) is 0 Å². The summed E-state index contributed by atoms with van der Waals surface area (Å²) in [5.74, 6) is 0. The topological polar surface area (TPSA) is 57.6 Å². The SMILES string of the molecule is O=S(=O)(c1ccccc1/C=C/O)N1CCCC1. The molecule has 0 aliphatic carbocycles. The molecular weight excluding hydrogens is 238 g/mol. The fraction of sp³-hybridized carbons (Fsp3) is 0.333. The fourth-order valence-electron chi connectivity index (χ4n) is 2.00. The lowest BCUT2D eigenvalue weighted by Gasteiger charge is -2.16. The van der Waals surface area contributed by atoms with E-state index in [1.54, 1.807) is 24.3 Å². The van der Waals surface area contributed by atoms with E-state index in [0.29, 0.717) is 18.7 Å². The van der Waals surface area contributed by atoms with Crippen molar-refractivity contribution in [1.29, 1.82) is 0 Å². The molecule has 0 bridgehead atoms. The minimum absolute atomic E-state index is 0.257. The highest BCUT2D eigenvalue weighted by molar-refractivity contribution is 7.89. The van der Waals surface area contributed by atoms with Crippen LogP contribution in [0.5, 0.6) is 0 Å². The zero-order chi connectivity index (χ0) is 12.3. The lowest BCUT2D eigenvalue weighted by molar-refractivity contribution is 0.476. The van der Waals surface area contributed by atoms with Gasteiger partial charge in [-0.1, -0.05) is 18.2 Å². The predicted molar refractivity (Wildman–Crippen MR) is 66.1 cm³/mol. The largest absolute Gasteiger partial charge is 0.516 e. The molecule has 2 rings (SSSR count). The second-order valence-corrected chi connectivity index (χ2v) is 5.87. The number of sulfonamides is 1. The van der Waals surface area contributed by atoms with Gasteiger partial charge < -0.3 is 5.11 Å². The van der Waals surface area contributed by atoms with Gasteiger partial charge in [-0.2, -0.15) is 4.31 Å². The van der Waals surface area contributed by atoms with Crippen LogP contribution in [-0.2, 0) is 10.0 Å². The van der Waals surface area contributed by atoms with E-state index in [9.17, 15) is 8.42 Å². The highest BCUT2D eigenvalue weighted by Gasteiger charge is 2.28. The molecule has 1 aromatic rings. The van der Waals surface area contributed by atoms with Crippen molar-refractivity contribution in [3.63, 3.8) is 0 Å². The summed E-state index contributed by atoms with van der Waals surface area (Å²) in [5, 5.41) is 8.79. The summed E-state index contributed by atoms with van der Waals surface area (Å²) in [6.07, 6.45) is 4.08. The Kier molecular flexibility index (Phi) is 3.49. The average Bonchev–Trinajstić information content (AvgIpc) is 2.84. The molecule has 0 saturated carbocycles. The van der Waals surface area contributed by atoms with Crippen LogP contribution in [0.2, 0.25) is 0 Å². The van der Waals surface area contributed by atoms with Crippen molar-refractivity contribution < 1.29 is 13.5 Å². The summed E-state index contributed by atoms with van der Waals surface area (Å²) in [6.45, 7) is 1.17. The number of hydrogen-bond donors (Lipinski definition) is 1. The van der Waals surface area contributed by atoms with Crippen molar-refractivity contribution in [3.05, 3.63) is 36.1 Å². The number of benzene rings is 1. The summed E-state index contributed by atoms with van der Waals surface area (Å²) < 4.78 is 26.2. The molecule has 1 aliphatic rings. The first-order chi connectivity index (χ1) is 8.16. The molecule has 0 spiro atoms. The number of hydrogen-bond acceptors (Lipinski definition) is 3. The summed E-state index contributed by atoms with van der Waals surface area (Å²) >= 11 is 0. The smallest absolute Gasteiger partial charge is 0.243 e. The molecule has 0 aromatic heterocycles. The predicted octanol–water partition coefficient (Wildman–Crippen LogP) is 2.00. The standard InChI is InChI=1S/C12H15NO3S/c14-10-7-11-5-1-2-6-12(11)17(15,16)13-8-3-4-9-13/h1-2,5-7,10,14H,3-4,8-9H2/b10-7+. The first-order valence-corrected chi connectivity index (χ1v) is 7.00. The normalized spacial score (nSPS) is 17.9. The van der Waals surface area contributed by atoms with Gasteiger partial charge in [-0.05, 0) is 30.5 Å². The molecule has 0 amide bonds. The first kappa shape index (κ1) is 12.1. The molecule has 1 heterocycles. The molecule has 5 heteroatoms. The highest BCUT2D eigenvalue weighted by atomic mass is 32.2. The van der Waals surface area contributed by atoms with Gasteiger partial charge in [-0.3, -0.25) is 0 Å². The zero-order valence-electron chi connectivity index (χ0n) is 9.41. The second kappa shape index (κ2) is 4.89. The van der Waals surface area contributed by atoms with Crippen LogP contribution < -0.4 is 0 Å². The van der Waals surface area contributed by atoms with E-state index in [2.05, 4.69) is 0 Å². The monoisotopic (exact) mass is 253 g/mol. The van der Waals surface area contributed by atoms with Gasteiger partial charge in [0.25, 0.3) is 0 Å². The maximum atomic E-state index is 12.3. The minimum atomic E-state index is -3.42. The molecular formula is C12H15NO3S. The number of rotatable bonds is 3. The van der Waals surface area contributed by atoms with Crippen LogP contribution in [0.15, 0.2) is 35.4 Å².